The van der Waals surface area contributed by atoms with Gasteiger partial charge in [0.1, 0.15) is 11.4 Å². The minimum Gasteiger partial charge on any atom is -0.497 e. The molecule has 2 N–H and O–H groups in total. The normalized spacial score (nSPS) is 15.8. The van der Waals surface area contributed by atoms with Crippen LogP contribution in [0.25, 0.3) is 11.3 Å². The smallest absolute Gasteiger partial charge is 0.118 e. The number of rotatable bonds is 3. The largest absolute Gasteiger partial charge is 0.497 e. The summed E-state index contributed by atoms with van der Waals surface area (Å²) in [7, 11) is 1.66. The third-order valence-electron chi connectivity index (χ3n) is 3.82. The molecule has 0 spiro atoms. The Balaban J connectivity index is 1.90. The molecule has 1 aromatic carbocycles. The van der Waals surface area contributed by atoms with Crippen molar-refractivity contribution in [2.24, 2.45) is 0 Å². The van der Waals surface area contributed by atoms with Gasteiger partial charge in [-0.15, -0.1) is 0 Å². The summed E-state index contributed by atoms with van der Waals surface area (Å²) in [5.41, 5.74) is 8.75. The number of nitrogen functional groups attached to an aromatic ring is 1. The highest BCUT2D eigenvalue weighted by Crippen LogP contribution is 2.32. The van der Waals surface area contributed by atoms with Gasteiger partial charge in [0.25, 0.3) is 0 Å². The zero-order valence-corrected chi connectivity index (χ0v) is 11.2. The minimum absolute atomic E-state index is 0.522. The van der Waals surface area contributed by atoms with Crippen LogP contribution in [0.5, 0.6) is 5.75 Å². The monoisotopic (exact) mass is 257 g/mol. The van der Waals surface area contributed by atoms with E-state index in [1.807, 2.05) is 35.1 Å². The highest BCUT2D eigenvalue weighted by molar-refractivity contribution is 5.72. The summed E-state index contributed by atoms with van der Waals surface area (Å²) in [5.74, 6) is 0.845. The van der Waals surface area contributed by atoms with E-state index in [1.165, 1.54) is 25.7 Å². The van der Waals surface area contributed by atoms with Crippen molar-refractivity contribution >= 4 is 5.69 Å². The van der Waals surface area contributed by atoms with Crippen LogP contribution in [0.15, 0.2) is 30.5 Å². The number of methoxy groups -OCH3 is 1. The van der Waals surface area contributed by atoms with Crippen LogP contribution in [0, 0.1) is 0 Å². The maximum atomic E-state index is 6.10. The average molecular weight is 257 g/mol. The molecule has 19 heavy (non-hydrogen) atoms. The van der Waals surface area contributed by atoms with Crippen molar-refractivity contribution in [1.82, 2.24) is 9.78 Å². The SMILES string of the molecule is COc1ccc(-c2nn(C3CCCC3)cc2N)cc1. The van der Waals surface area contributed by atoms with Gasteiger partial charge in [0.05, 0.1) is 18.8 Å². The van der Waals surface area contributed by atoms with E-state index in [4.69, 9.17) is 10.5 Å². The molecule has 3 rings (SSSR count). The van der Waals surface area contributed by atoms with Gasteiger partial charge in [-0.25, -0.2) is 0 Å². The Labute approximate surface area is 113 Å². The van der Waals surface area contributed by atoms with E-state index >= 15 is 0 Å². The summed E-state index contributed by atoms with van der Waals surface area (Å²) in [6.45, 7) is 0. The van der Waals surface area contributed by atoms with Gasteiger partial charge in [0.2, 0.25) is 0 Å². The van der Waals surface area contributed by atoms with Crippen molar-refractivity contribution in [3.8, 4) is 17.0 Å². The third-order valence-corrected chi connectivity index (χ3v) is 3.82. The summed E-state index contributed by atoms with van der Waals surface area (Å²) in [4.78, 5) is 0. The molecule has 0 saturated heterocycles. The van der Waals surface area contributed by atoms with Crippen molar-refractivity contribution in [2.75, 3.05) is 12.8 Å². The molecule has 4 nitrogen and oxygen atoms in total. The number of anilines is 1. The molecule has 1 fully saturated rings. The first kappa shape index (κ1) is 12.1. The van der Waals surface area contributed by atoms with Crippen molar-refractivity contribution in [3.05, 3.63) is 30.5 Å². The van der Waals surface area contributed by atoms with Crippen LogP contribution in [0.3, 0.4) is 0 Å². The second kappa shape index (κ2) is 4.96. The molecule has 0 radical (unpaired) electrons. The number of nitrogens with two attached hydrogens (primary N) is 1. The fourth-order valence-corrected chi connectivity index (χ4v) is 2.73. The second-order valence-electron chi connectivity index (χ2n) is 5.08. The van der Waals surface area contributed by atoms with E-state index in [0.29, 0.717) is 6.04 Å². The van der Waals surface area contributed by atoms with Gasteiger partial charge in [-0.05, 0) is 37.1 Å². The standard InChI is InChI=1S/C15H19N3O/c1-19-13-8-6-11(7-9-13)15-14(16)10-18(17-15)12-4-2-3-5-12/h6-10,12H,2-5,16H2,1H3. The summed E-state index contributed by atoms with van der Waals surface area (Å²) in [6, 6.07) is 8.38. The summed E-state index contributed by atoms with van der Waals surface area (Å²) in [6.07, 6.45) is 6.98. The molecule has 100 valence electrons. The van der Waals surface area contributed by atoms with E-state index in [-0.39, 0.29) is 0 Å². The molecule has 1 heterocycles. The van der Waals surface area contributed by atoms with Crippen LogP contribution in [-0.2, 0) is 0 Å². The maximum Gasteiger partial charge on any atom is 0.118 e. The summed E-state index contributed by atoms with van der Waals surface area (Å²) >= 11 is 0. The Kier molecular flexibility index (Phi) is 3.15. The Morgan fingerprint density at radius 2 is 1.89 bits per heavy atom. The number of benzene rings is 1. The molecule has 0 amide bonds. The van der Waals surface area contributed by atoms with Gasteiger partial charge in [0, 0.05) is 11.8 Å². The molecule has 1 aliphatic rings. The van der Waals surface area contributed by atoms with Crippen molar-refractivity contribution in [1.29, 1.82) is 0 Å². The van der Waals surface area contributed by atoms with E-state index in [1.54, 1.807) is 7.11 Å². The molecule has 1 aliphatic carbocycles. The molecular weight excluding hydrogens is 238 g/mol. The molecule has 0 unspecified atom stereocenters. The van der Waals surface area contributed by atoms with Gasteiger partial charge < -0.3 is 10.5 Å². The molecule has 1 saturated carbocycles. The average Bonchev–Trinajstić information content (AvgIpc) is 3.08. The first-order valence-electron chi connectivity index (χ1n) is 6.77. The predicted octanol–water partition coefficient (Wildman–Crippen LogP) is 3.26. The van der Waals surface area contributed by atoms with Crippen LogP contribution < -0.4 is 10.5 Å². The Morgan fingerprint density at radius 1 is 1.21 bits per heavy atom. The molecule has 0 bridgehead atoms. The van der Waals surface area contributed by atoms with Crippen LogP contribution in [0.2, 0.25) is 0 Å². The van der Waals surface area contributed by atoms with E-state index < -0.39 is 0 Å². The first-order chi connectivity index (χ1) is 9.28. The second-order valence-corrected chi connectivity index (χ2v) is 5.08. The Bertz CT molecular complexity index is 553. The lowest BCUT2D eigenvalue weighted by atomic mass is 10.1. The Morgan fingerprint density at radius 3 is 2.53 bits per heavy atom. The highest BCUT2D eigenvalue weighted by Gasteiger charge is 2.19. The topological polar surface area (TPSA) is 53.1 Å². The van der Waals surface area contributed by atoms with Crippen LogP contribution in [0.4, 0.5) is 5.69 Å². The van der Waals surface area contributed by atoms with Crippen LogP contribution >= 0.6 is 0 Å². The molecule has 1 aromatic heterocycles. The number of nitrogens with zero attached hydrogens (tertiary/aromatic N) is 2. The number of hydrogen-bond donors (Lipinski definition) is 1. The fourth-order valence-electron chi connectivity index (χ4n) is 2.73. The summed E-state index contributed by atoms with van der Waals surface area (Å²) < 4.78 is 7.21. The predicted molar refractivity (Wildman–Crippen MR) is 76.1 cm³/mol. The van der Waals surface area contributed by atoms with Gasteiger partial charge >= 0.3 is 0 Å². The van der Waals surface area contributed by atoms with Gasteiger partial charge in [-0.1, -0.05) is 12.8 Å². The van der Waals surface area contributed by atoms with Crippen molar-refractivity contribution in [3.63, 3.8) is 0 Å². The first-order valence-corrected chi connectivity index (χ1v) is 6.77. The lowest BCUT2D eigenvalue weighted by Gasteiger charge is -2.08. The third kappa shape index (κ3) is 2.30. The van der Waals surface area contributed by atoms with Crippen LogP contribution in [-0.4, -0.2) is 16.9 Å². The van der Waals surface area contributed by atoms with E-state index in [2.05, 4.69) is 5.10 Å². The molecular formula is C15H19N3O. The van der Waals surface area contributed by atoms with Gasteiger partial charge in [-0.3, -0.25) is 4.68 Å². The molecule has 2 aromatic rings. The summed E-state index contributed by atoms with van der Waals surface area (Å²) in [5, 5.41) is 4.67. The van der Waals surface area contributed by atoms with E-state index in [9.17, 15) is 0 Å². The van der Waals surface area contributed by atoms with Gasteiger partial charge in [-0.2, -0.15) is 5.10 Å². The van der Waals surface area contributed by atoms with Crippen molar-refractivity contribution in [2.45, 2.75) is 31.7 Å². The lowest BCUT2D eigenvalue weighted by molar-refractivity contribution is 0.415. The van der Waals surface area contributed by atoms with Crippen LogP contribution in [0.1, 0.15) is 31.7 Å². The molecule has 0 atom stereocenters. The molecule has 0 aliphatic heterocycles. The van der Waals surface area contributed by atoms with Gasteiger partial charge in [0.15, 0.2) is 0 Å². The number of aromatic nitrogens is 2. The highest BCUT2D eigenvalue weighted by atomic mass is 16.5. The fraction of sp³-hybridized carbons (Fsp3) is 0.400. The quantitative estimate of drug-likeness (QED) is 0.918. The maximum absolute atomic E-state index is 6.10. The van der Waals surface area contributed by atoms with E-state index in [0.717, 1.165) is 22.7 Å². The zero-order chi connectivity index (χ0) is 13.2. The number of hydrogen-bond acceptors (Lipinski definition) is 3. The lowest BCUT2D eigenvalue weighted by Crippen LogP contribution is -2.04. The minimum atomic E-state index is 0.522. The molecule has 4 heteroatoms. The Hall–Kier alpha value is -1.97. The number of ether oxygens (including phenoxy) is 1. The zero-order valence-electron chi connectivity index (χ0n) is 11.2. The van der Waals surface area contributed by atoms with Crippen molar-refractivity contribution < 1.29 is 4.74 Å².